The predicted octanol–water partition coefficient (Wildman–Crippen LogP) is 2.13. The highest BCUT2D eigenvalue weighted by atomic mass is 127. The lowest BCUT2D eigenvalue weighted by Crippen LogP contribution is -2.41. The minimum atomic E-state index is -3.43. The van der Waals surface area contributed by atoms with E-state index >= 15 is 0 Å². The van der Waals surface area contributed by atoms with Gasteiger partial charge < -0.3 is 10.8 Å². The number of nitrogen functional groups attached to an aromatic ring is 1. The smallest absolute Gasteiger partial charge is 0.317 e. The lowest BCUT2D eigenvalue weighted by molar-refractivity contribution is -0.171. The van der Waals surface area contributed by atoms with Crippen molar-refractivity contribution in [3.63, 3.8) is 0 Å². The van der Waals surface area contributed by atoms with Crippen molar-refractivity contribution in [1.29, 1.82) is 0 Å². The van der Waals surface area contributed by atoms with Crippen LogP contribution < -0.4 is 5.73 Å². The van der Waals surface area contributed by atoms with Crippen LogP contribution in [0.15, 0.2) is 12.1 Å². The van der Waals surface area contributed by atoms with Crippen molar-refractivity contribution in [2.45, 2.75) is 25.4 Å². The number of aromatic nitrogens is 1. The maximum absolute atomic E-state index is 13.7. The van der Waals surface area contributed by atoms with Gasteiger partial charge in [-0.25, -0.2) is 4.98 Å². The predicted molar refractivity (Wildman–Crippen MR) is 61.6 cm³/mol. The molecule has 6 heteroatoms. The Bertz CT molecular complexity index is 357. The van der Waals surface area contributed by atoms with E-state index in [9.17, 15) is 13.9 Å². The van der Waals surface area contributed by atoms with Crippen molar-refractivity contribution in [1.82, 2.24) is 4.98 Å². The average Bonchev–Trinajstić information content (AvgIpc) is 1.99. The number of alkyl halides is 2. The van der Waals surface area contributed by atoms with Gasteiger partial charge in [0.2, 0.25) is 0 Å². The van der Waals surface area contributed by atoms with Crippen LogP contribution in [0.1, 0.15) is 19.5 Å². The van der Waals surface area contributed by atoms with Crippen LogP contribution in [0.25, 0.3) is 0 Å². The van der Waals surface area contributed by atoms with Crippen LogP contribution in [-0.2, 0) is 5.92 Å². The standard InChI is InChI=1S/C9H11F2IN2O/c1-8(2,15)9(10,11)6-3-5(13)4-7(12)14-6/h3-4,15H,1-2H3,(H2,13,14). The molecule has 1 heterocycles. The van der Waals surface area contributed by atoms with Gasteiger partial charge in [-0.15, -0.1) is 0 Å². The molecule has 0 amide bonds. The number of halogens is 3. The topological polar surface area (TPSA) is 59.1 Å². The van der Waals surface area contributed by atoms with Crippen LogP contribution in [0.3, 0.4) is 0 Å². The largest absolute Gasteiger partial charge is 0.399 e. The number of pyridine rings is 1. The van der Waals surface area contributed by atoms with Crippen LogP contribution in [0.2, 0.25) is 0 Å². The summed E-state index contributed by atoms with van der Waals surface area (Å²) in [5.41, 5.74) is 2.96. The summed E-state index contributed by atoms with van der Waals surface area (Å²) < 4.78 is 27.7. The second-order valence-corrected chi connectivity index (χ2v) is 4.85. The number of nitrogens with two attached hydrogens (primary N) is 1. The first kappa shape index (κ1) is 12.6. The average molecular weight is 328 g/mol. The van der Waals surface area contributed by atoms with Gasteiger partial charge in [-0.3, -0.25) is 0 Å². The molecule has 3 nitrogen and oxygen atoms in total. The Morgan fingerprint density at radius 1 is 1.40 bits per heavy atom. The molecule has 0 atom stereocenters. The Balaban J connectivity index is 3.27. The number of anilines is 1. The highest BCUT2D eigenvalue weighted by Gasteiger charge is 2.48. The lowest BCUT2D eigenvalue weighted by atomic mass is 9.97. The second kappa shape index (κ2) is 3.82. The van der Waals surface area contributed by atoms with Gasteiger partial charge in [0, 0.05) is 5.69 Å². The van der Waals surface area contributed by atoms with Crippen LogP contribution in [0.5, 0.6) is 0 Å². The number of nitrogens with zero attached hydrogens (tertiary/aromatic N) is 1. The molecule has 0 saturated heterocycles. The molecule has 0 bridgehead atoms. The first-order valence-electron chi connectivity index (χ1n) is 4.18. The summed E-state index contributed by atoms with van der Waals surface area (Å²) in [7, 11) is 0. The third-order valence-corrected chi connectivity index (χ3v) is 2.46. The minimum Gasteiger partial charge on any atom is -0.399 e. The third-order valence-electron chi connectivity index (χ3n) is 1.91. The summed E-state index contributed by atoms with van der Waals surface area (Å²) in [6.45, 7) is 2.06. The van der Waals surface area contributed by atoms with E-state index in [2.05, 4.69) is 4.98 Å². The molecule has 0 saturated carbocycles. The molecule has 3 N–H and O–H groups in total. The minimum absolute atomic E-state index is 0.202. The molecule has 1 rings (SSSR count). The molecule has 0 aliphatic rings. The maximum Gasteiger partial charge on any atom is 0.317 e. The fourth-order valence-electron chi connectivity index (χ4n) is 0.991. The van der Waals surface area contributed by atoms with Gasteiger partial charge in [0.25, 0.3) is 0 Å². The van der Waals surface area contributed by atoms with Crippen LogP contribution in [0, 0.1) is 3.70 Å². The van der Waals surface area contributed by atoms with Gasteiger partial charge >= 0.3 is 5.92 Å². The molecular weight excluding hydrogens is 317 g/mol. The molecule has 15 heavy (non-hydrogen) atoms. The van der Waals surface area contributed by atoms with E-state index in [1.54, 1.807) is 22.6 Å². The van der Waals surface area contributed by atoms with Crippen LogP contribution in [-0.4, -0.2) is 15.7 Å². The number of aliphatic hydroxyl groups is 1. The quantitative estimate of drug-likeness (QED) is 0.646. The molecule has 0 spiro atoms. The van der Waals surface area contributed by atoms with Gasteiger partial charge in [0.15, 0.2) is 0 Å². The van der Waals surface area contributed by atoms with Crippen molar-refractivity contribution in [2.24, 2.45) is 0 Å². The van der Waals surface area contributed by atoms with Gasteiger partial charge in [-0.1, -0.05) is 0 Å². The summed E-state index contributed by atoms with van der Waals surface area (Å²) in [5, 5.41) is 9.35. The van der Waals surface area contributed by atoms with E-state index in [1.807, 2.05) is 0 Å². The van der Waals surface area contributed by atoms with Crippen molar-refractivity contribution >= 4 is 28.3 Å². The molecule has 0 aromatic carbocycles. The normalized spacial score (nSPS) is 12.9. The van der Waals surface area contributed by atoms with E-state index in [1.165, 1.54) is 6.07 Å². The molecule has 0 aliphatic heterocycles. The maximum atomic E-state index is 13.7. The summed E-state index contributed by atoms with van der Waals surface area (Å²) in [6, 6.07) is 2.55. The zero-order valence-corrected chi connectivity index (χ0v) is 10.4. The molecule has 0 fully saturated rings. The van der Waals surface area contributed by atoms with E-state index in [0.29, 0.717) is 3.70 Å². The Hall–Kier alpha value is -0.500. The number of hydrogen-bond donors (Lipinski definition) is 2. The Morgan fingerprint density at radius 2 is 1.93 bits per heavy atom. The summed E-state index contributed by atoms with van der Waals surface area (Å²) in [5.74, 6) is -3.43. The Labute approximate surface area is 99.8 Å². The zero-order chi connectivity index (χ0) is 11.9. The summed E-state index contributed by atoms with van der Waals surface area (Å²) in [4.78, 5) is 3.67. The SMILES string of the molecule is CC(C)(O)C(F)(F)c1cc(N)cc(I)n1. The lowest BCUT2D eigenvalue weighted by Gasteiger charge is -2.28. The molecule has 1 aromatic rings. The van der Waals surface area contributed by atoms with Crippen LogP contribution >= 0.6 is 22.6 Å². The monoisotopic (exact) mass is 328 g/mol. The highest BCUT2D eigenvalue weighted by Crippen LogP contribution is 2.38. The van der Waals surface area contributed by atoms with Crippen molar-refractivity contribution in [3.8, 4) is 0 Å². The second-order valence-electron chi connectivity index (χ2n) is 3.74. The zero-order valence-electron chi connectivity index (χ0n) is 8.26. The first-order chi connectivity index (χ1) is 6.64. The third kappa shape index (κ3) is 2.54. The van der Waals surface area contributed by atoms with Crippen molar-refractivity contribution in [3.05, 3.63) is 21.5 Å². The highest BCUT2D eigenvalue weighted by molar-refractivity contribution is 14.1. The van der Waals surface area contributed by atoms with Crippen LogP contribution in [0.4, 0.5) is 14.5 Å². The molecule has 0 aliphatic carbocycles. The van der Waals surface area contributed by atoms with Gasteiger partial charge in [0.1, 0.15) is 15.0 Å². The van der Waals surface area contributed by atoms with E-state index in [-0.39, 0.29) is 5.69 Å². The summed E-state index contributed by atoms with van der Waals surface area (Å²) in [6.07, 6.45) is 0. The van der Waals surface area contributed by atoms with Gasteiger partial charge in [-0.05, 0) is 48.6 Å². The fourth-order valence-corrected chi connectivity index (χ4v) is 1.61. The van der Waals surface area contributed by atoms with E-state index in [4.69, 9.17) is 5.73 Å². The van der Waals surface area contributed by atoms with E-state index < -0.39 is 17.2 Å². The Morgan fingerprint density at radius 3 is 2.33 bits per heavy atom. The number of hydrogen-bond acceptors (Lipinski definition) is 3. The molecule has 84 valence electrons. The molecule has 0 radical (unpaired) electrons. The molecule has 0 unspecified atom stereocenters. The fraction of sp³-hybridized carbons (Fsp3) is 0.444. The molecular formula is C9H11F2IN2O. The van der Waals surface area contributed by atoms with Gasteiger partial charge in [0.05, 0.1) is 0 Å². The Kier molecular flexibility index (Phi) is 3.20. The van der Waals surface area contributed by atoms with E-state index in [0.717, 1.165) is 19.9 Å². The molecule has 1 aromatic heterocycles. The van der Waals surface area contributed by atoms with Gasteiger partial charge in [-0.2, -0.15) is 8.78 Å². The van der Waals surface area contributed by atoms with Crippen molar-refractivity contribution < 1.29 is 13.9 Å². The summed E-state index contributed by atoms with van der Waals surface area (Å²) >= 11 is 1.79. The van der Waals surface area contributed by atoms with Crippen molar-refractivity contribution in [2.75, 3.05) is 5.73 Å². The first-order valence-corrected chi connectivity index (χ1v) is 5.26. The number of rotatable bonds is 2.